The molecule has 24 heavy (non-hydrogen) atoms. The lowest BCUT2D eigenvalue weighted by Crippen LogP contribution is -2.08. The van der Waals surface area contributed by atoms with Gasteiger partial charge in [-0.25, -0.2) is 0 Å². The summed E-state index contributed by atoms with van der Waals surface area (Å²) in [6, 6.07) is 26.8. The van der Waals surface area contributed by atoms with Gasteiger partial charge < -0.3 is 9.72 Å². The maximum Gasteiger partial charge on any atom is 0.256 e. The molecule has 0 radical (unpaired) electrons. The van der Waals surface area contributed by atoms with E-state index in [2.05, 4.69) is 4.98 Å². The van der Waals surface area contributed by atoms with Crippen LogP contribution in [0.3, 0.4) is 0 Å². The predicted molar refractivity (Wildman–Crippen MR) is 96.5 cm³/mol. The van der Waals surface area contributed by atoms with Crippen LogP contribution in [0.4, 0.5) is 0 Å². The van der Waals surface area contributed by atoms with Crippen molar-refractivity contribution in [3.63, 3.8) is 0 Å². The summed E-state index contributed by atoms with van der Waals surface area (Å²) in [4.78, 5) is 15.3. The standard InChI is InChI=1S/C21H15NO2/c23-21-19(14-16-7-4-5-12-20(16)22-21)15-8-6-11-18(13-15)24-17-9-2-1-3-10-17/h1-14H,(H,22,23). The van der Waals surface area contributed by atoms with Gasteiger partial charge in [0.25, 0.3) is 5.56 Å². The summed E-state index contributed by atoms with van der Waals surface area (Å²) in [5.74, 6) is 1.47. The highest BCUT2D eigenvalue weighted by Crippen LogP contribution is 2.26. The van der Waals surface area contributed by atoms with E-state index in [4.69, 9.17) is 4.74 Å². The molecule has 4 aromatic rings. The van der Waals surface area contributed by atoms with E-state index in [1.165, 1.54) is 0 Å². The van der Waals surface area contributed by atoms with Crippen LogP contribution in [0.15, 0.2) is 89.7 Å². The monoisotopic (exact) mass is 313 g/mol. The SMILES string of the molecule is O=c1[nH]c2ccccc2cc1-c1cccc(Oc2ccccc2)c1. The first-order valence-corrected chi connectivity index (χ1v) is 7.75. The van der Waals surface area contributed by atoms with Gasteiger partial charge in [0.1, 0.15) is 11.5 Å². The van der Waals surface area contributed by atoms with Crippen molar-refractivity contribution in [1.82, 2.24) is 4.98 Å². The van der Waals surface area contributed by atoms with Gasteiger partial charge in [-0.2, -0.15) is 0 Å². The molecule has 3 aromatic carbocycles. The van der Waals surface area contributed by atoms with Gasteiger partial charge in [-0.3, -0.25) is 4.79 Å². The minimum Gasteiger partial charge on any atom is -0.457 e. The Labute approximate surface area is 139 Å². The summed E-state index contributed by atoms with van der Waals surface area (Å²) in [6.07, 6.45) is 0. The molecule has 1 N–H and O–H groups in total. The molecular weight excluding hydrogens is 298 g/mol. The molecule has 0 unspecified atom stereocenters. The maximum absolute atomic E-state index is 12.4. The number of nitrogens with one attached hydrogen (secondary N) is 1. The van der Waals surface area contributed by atoms with Crippen LogP contribution >= 0.6 is 0 Å². The van der Waals surface area contributed by atoms with Crippen LogP contribution in [-0.4, -0.2) is 4.98 Å². The molecule has 0 atom stereocenters. The second-order valence-corrected chi connectivity index (χ2v) is 5.54. The number of fused-ring (bicyclic) bond motifs is 1. The van der Waals surface area contributed by atoms with Crippen molar-refractivity contribution in [3.05, 3.63) is 95.3 Å². The highest BCUT2D eigenvalue weighted by atomic mass is 16.5. The summed E-state index contributed by atoms with van der Waals surface area (Å²) >= 11 is 0. The lowest BCUT2D eigenvalue weighted by Gasteiger charge is -2.08. The topological polar surface area (TPSA) is 42.1 Å². The van der Waals surface area contributed by atoms with Crippen LogP contribution < -0.4 is 10.3 Å². The Hall–Kier alpha value is -3.33. The van der Waals surface area contributed by atoms with Crippen molar-refractivity contribution in [2.24, 2.45) is 0 Å². The van der Waals surface area contributed by atoms with Crippen LogP contribution in [0.5, 0.6) is 11.5 Å². The maximum atomic E-state index is 12.4. The van der Waals surface area contributed by atoms with Crippen molar-refractivity contribution in [2.45, 2.75) is 0 Å². The van der Waals surface area contributed by atoms with E-state index >= 15 is 0 Å². The third kappa shape index (κ3) is 2.79. The number of aromatic nitrogens is 1. The predicted octanol–water partition coefficient (Wildman–Crippen LogP) is 4.99. The smallest absolute Gasteiger partial charge is 0.256 e. The fourth-order valence-electron chi connectivity index (χ4n) is 2.71. The molecule has 0 fully saturated rings. The number of rotatable bonds is 3. The summed E-state index contributed by atoms with van der Waals surface area (Å²) < 4.78 is 5.86. The van der Waals surface area contributed by atoms with E-state index in [1.807, 2.05) is 84.9 Å². The highest BCUT2D eigenvalue weighted by Gasteiger charge is 2.07. The van der Waals surface area contributed by atoms with Crippen molar-refractivity contribution in [3.8, 4) is 22.6 Å². The zero-order chi connectivity index (χ0) is 16.4. The normalized spacial score (nSPS) is 10.7. The third-order valence-electron chi connectivity index (χ3n) is 3.88. The largest absolute Gasteiger partial charge is 0.457 e. The average molecular weight is 313 g/mol. The molecule has 3 heteroatoms. The van der Waals surface area contributed by atoms with E-state index in [1.54, 1.807) is 0 Å². The van der Waals surface area contributed by atoms with Crippen LogP contribution in [-0.2, 0) is 0 Å². The van der Waals surface area contributed by atoms with Crippen LogP contribution in [0.1, 0.15) is 0 Å². The number of hydrogen-bond donors (Lipinski definition) is 1. The average Bonchev–Trinajstić information content (AvgIpc) is 2.62. The molecule has 1 aromatic heterocycles. The number of pyridine rings is 1. The number of H-pyrrole nitrogens is 1. The second kappa shape index (κ2) is 6.05. The Bertz CT molecular complexity index is 1050. The number of aromatic amines is 1. The zero-order valence-electron chi connectivity index (χ0n) is 12.9. The molecule has 0 aliphatic rings. The Morgan fingerprint density at radius 3 is 2.33 bits per heavy atom. The van der Waals surface area contributed by atoms with Gasteiger partial charge >= 0.3 is 0 Å². The first-order valence-electron chi connectivity index (χ1n) is 7.75. The van der Waals surface area contributed by atoms with Crippen LogP contribution in [0, 0.1) is 0 Å². The van der Waals surface area contributed by atoms with Gasteiger partial charge in [-0.15, -0.1) is 0 Å². The van der Waals surface area contributed by atoms with Gasteiger partial charge in [-0.1, -0.05) is 48.5 Å². The number of hydrogen-bond acceptors (Lipinski definition) is 2. The summed E-state index contributed by atoms with van der Waals surface area (Å²) in [7, 11) is 0. The number of para-hydroxylation sites is 2. The van der Waals surface area contributed by atoms with E-state index < -0.39 is 0 Å². The van der Waals surface area contributed by atoms with Gasteiger partial charge in [-0.05, 0) is 47.3 Å². The summed E-state index contributed by atoms with van der Waals surface area (Å²) in [5, 5.41) is 1.00. The molecule has 0 bridgehead atoms. The first kappa shape index (κ1) is 14.3. The van der Waals surface area contributed by atoms with Crippen molar-refractivity contribution in [1.29, 1.82) is 0 Å². The van der Waals surface area contributed by atoms with E-state index in [0.29, 0.717) is 11.3 Å². The van der Waals surface area contributed by atoms with E-state index in [9.17, 15) is 4.79 Å². The lowest BCUT2D eigenvalue weighted by molar-refractivity contribution is 0.483. The molecule has 0 aliphatic carbocycles. The summed E-state index contributed by atoms with van der Waals surface area (Å²) in [5.41, 5.74) is 2.19. The Kier molecular flexibility index (Phi) is 3.60. The minimum atomic E-state index is -0.106. The van der Waals surface area contributed by atoms with E-state index in [-0.39, 0.29) is 5.56 Å². The van der Waals surface area contributed by atoms with Gasteiger partial charge in [0.2, 0.25) is 0 Å². The van der Waals surface area contributed by atoms with Crippen LogP contribution in [0.25, 0.3) is 22.0 Å². The molecular formula is C21H15NO2. The quantitative estimate of drug-likeness (QED) is 0.579. The van der Waals surface area contributed by atoms with Gasteiger partial charge in [0.15, 0.2) is 0 Å². The molecule has 0 saturated carbocycles. The Balaban J connectivity index is 1.76. The molecule has 116 valence electrons. The fraction of sp³-hybridized carbons (Fsp3) is 0. The molecule has 0 aliphatic heterocycles. The molecule has 1 heterocycles. The van der Waals surface area contributed by atoms with Gasteiger partial charge in [0.05, 0.1) is 0 Å². The van der Waals surface area contributed by atoms with E-state index in [0.717, 1.165) is 22.2 Å². The van der Waals surface area contributed by atoms with Crippen molar-refractivity contribution >= 4 is 10.9 Å². The zero-order valence-corrected chi connectivity index (χ0v) is 12.9. The molecule has 0 spiro atoms. The highest BCUT2D eigenvalue weighted by molar-refractivity contribution is 5.83. The molecule has 4 rings (SSSR count). The molecule has 0 amide bonds. The lowest BCUT2D eigenvalue weighted by atomic mass is 10.0. The summed E-state index contributed by atoms with van der Waals surface area (Å²) in [6.45, 7) is 0. The Morgan fingerprint density at radius 2 is 1.46 bits per heavy atom. The minimum absolute atomic E-state index is 0.106. The van der Waals surface area contributed by atoms with Crippen LogP contribution in [0.2, 0.25) is 0 Å². The van der Waals surface area contributed by atoms with Gasteiger partial charge in [0, 0.05) is 11.1 Å². The fourth-order valence-corrected chi connectivity index (χ4v) is 2.71. The van der Waals surface area contributed by atoms with Crippen molar-refractivity contribution in [2.75, 3.05) is 0 Å². The number of benzene rings is 3. The first-order chi connectivity index (χ1) is 11.8. The number of ether oxygens (including phenoxy) is 1. The molecule has 3 nitrogen and oxygen atoms in total. The molecule has 0 saturated heterocycles. The third-order valence-corrected chi connectivity index (χ3v) is 3.88. The van der Waals surface area contributed by atoms with Crippen molar-refractivity contribution < 1.29 is 4.74 Å². The Morgan fingerprint density at radius 1 is 0.708 bits per heavy atom. The second-order valence-electron chi connectivity index (χ2n) is 5.54.